The Balaban J connectivity index is 1.83. The van der Waals surface area contributed by atoms with Crippen molar-refractivity contribution in [1.29, 1.82) is 0 Å². The molecule has 0 aromatic heterocycles. The summed E-state index contributed by atoms with van der Waals surface area (Å²) in [5, 5.41) is 19.6. The number of ether oxygens (including phenoxy) is 2. The second-order valence-corrected chi connectivity index (χ2v) is 9.14. The van der Waals surface area contributed by atoms with Gasteiger partial charge in [-0.25, -0.2) is 4.79 Å². The number of aryl methyl sites for hydroxylation is 1. The molecule has 1 heterocycles. The number of aliphatic hydroxyl groups excluding tert-OH is 2. The van der Waals surface area contributed by atoms with Crippen molar-refractivity contribution in [2.24, 2.45) is 0 Å². The fraction of sp³-hybridized carbons (Fsp3) is 0.458. The van der Waals surface area contributed by atoms with Gasteiger partial charge in [-0.05, 0) is 47.7 Å². The van der Waals surface area contributed by atoms with Crippen LogP contribution in [0.1, 0.15) is 53.2 Å². The molecule has 3 unspecified atom stereocenters. The Bertz CT molecular complexity index is 836. The Morgan fingerprint density at radius 2 is 1.87 bits per heavy atom. The van der Waals surface area contributed by atoms with E-state index in [1.165, 1.54) is 12.7 Å². The molecular formula is C24H30O5S. The zero-order valence-corrected chi connectivity index (χ0v) is 18.4. The lowest BCUT2D eigenvalue weighted by Gasteiger charge is -2.31. The predicted molar refractivity (Wildman–Crippen MR) is 119 cm³/mol. The fourth-order valence-corrected chi connectivity index (χ4v) is 5.03. The third kappa shape index (κ3) is 6.00. The smallest absolute Gasteiger partial charge is 0.337 e. The Morgan fingerprint density at radius 1 is 1.13 bits per heavy atom. The van der Waals surface area contributed by atoms with Gasteiger partial charge in [0.1, 0.15) is 11.2 Å². The largest absolute Gasteiger partial charge is 0.479 e. The number of hydrogen-bond donors (Lipinski definition) is 2. The van der Waals surface area contributed by atoms with E-state index in [0.29, 0.717) is 30.6 Å². The highest BCUT2D eigenvalue weighted by atomic mass is 32.2. The first kappa shape index (κ1) is 22.7. The van der Waals surface area contributed by atoms with Gasteiger partial charge in [0.15, 0.2) is 0 Å². The maximum absolute atomic E-state index is 12.0. The van der Waals surface area contributed by atoms with Gasteiger partial charge in [0, 0.05) is 18.1 Å². The molecule has 1 aliphatic heterocycles. The van der Waals surface area contributed by atoms with E-state index >= 15 is 0 Å². The second kappa shape index (κ2) is 10.8. The van der Waals surface area contributed by atoms with E-state index in [2.05, 4.69) is 31.2 Å². The summed E-state index contributed by atoms with van der Waals surface area (Å²) in [7, 11) is 1.37. The summed E-state index contributed by atoms with van der Waals surface area (Å²) in [4.78, 5) is 12.0. The van der Waals surface area contributed by atoms with Crippen molar-refractivity contribution < 1.29 is 24.5 Å². The molecule has 0 saturated carbocycles. The highest BCUT2D eigenvalue weighted by Gasteiger charge is 2.29. The number of thioether (sulfide) groups is 1. The average Bonchev–Trinajstić information content (AvgIpc) is 2.75. The van der Waals surface area contributed by atoms with E-state index in [9.17, 15) is 15.0 Å². The first-order valence-corrected chi connectivity index (χ1v) is 11.4. The Labute approximate surface area is 182 Å². The first-order chi connectivity index (χ1) is 14.5. The van der Waals surface area contributed by atoms with Crippen LogP contribution < -0.4 is 4.74 Å². The van der Waals surface area contributed by atoms with Gasteiger partial charge in [0.2, 0.25) is 0 Å². The van der Waals surface area contributed by atoms with Crippen molar-refractivity contribution in [2.75, 3.05) is 13.7 Å². The molecule has 2 N–H and O–H groups in total. The van der Waals surface area contributed by atoms with Crippen molar-refractivity contribution in [3.05, 3.63) is 64.7 Å². The number of benzene rings is 2. The first-order valence-electron chi connectivity index (χ1n) is 10.4. The van der Waals surface area contributed by atoms with Crippen LogP contribution in [0, 0.1) is 0 Å². The van der Waals surface area contributed by atoms with Gasteiger partial charge in [0.05, 0.1) is 25.4 Å². The molecular weight excluding hydrogens is 400 g/mol. The van der Waals surface area contributed by atoms with Crippen molar-refractivity contribution in [3.8, 4) is 5.75 Å². The molecule has 5 nitrogen and oxygen atoms in total. The molecule has 0 amide bonds. The van der Waals surface area contributed by atoms with Gasteiger partial charge < -0.3 is 19.7 Å². The van der Waals surface area contributed by atoms with E-state index < -0.39 is 6.10 Å². The SMILES string of the molecule is CCCc1ccc(Cc2cc(C(=O)OC)ccc2OC2CC(O)CC(CO)S2)cc1. The van der Waals surface area contributed by atoms with Gasteiger partial charge in [-0.2, -0.15) is 0 Å². The van der Waals surface area contributed by atoms with Crippen LogP contribution in [0.15, 0.2) is 42.5 Å². The topological polar surface area (TPSA) is 76.0 Å². The third-order valence-electron chi connectivity index (χ3n) is 5.24. The molecule has 0 radical (unpaired) electrons. The van der Waals surface area contributed by atoms with Crippen LogP contribution in [0.3, 0.4) is 0 Å². The fourth-order valence-electron chi connectivity index (χ4n) is 3.69. The molecule has 0 spiro atoms. The minimum Gasteiger partial charge on any atom is -0.479 e. The predicted octanol–water partition coefficient (Wildman–Crippen LogP) is 3.97. The quantitative estimate of drug-likeness (QED) is 0.617. The van der Waals surface area contributed by atoms with Crippen molar-refractivity contribution in [3.63, 3.8) is 0 Å². The number of esters is 1. The number of carbonyl (C=O) groups excluding carboxylic acids is 1. The maximum Gasteiger partial charge on any atom is 0.337 e. The molecule has 0 bridgehead atoms. The molecule has 2 aromatic rings. The highest BCUT2D eigenvalue weighted by Crippen LogP contribution is 2.35. The molecule has 3 rings (SSSR count). The molecule has 3 atom stereocenters. The molecule has 162 valence electrons. The normalized spacial score (nSPS) is 21.3. The van der Waals surface area contributed by atoms with Gasteiger partial charge in [0.25, 0.3) is 0 Å². The molecule has 30 heavy (non-hydrogen) atoms. The summed E-state index contributed by atoms with van der Waals surface area (Å²) in [6, 6.07) is 13.8. The number of carbonyl (C=O) groups is 1. The number of aliphatic hydroxyl groups is 2. The minimum absolute atomic E-state index is 0.0137. The summed E-state index contributed by atoms with van der Waals surface area (Å²) in [5.41, 5.74) is 3.56. The van der Waals surface area contributed by atoms with Crippen LogP contribution in [-0.4, -0.2) is 46.7 Å². The van der Waals surface area contributed by atoms with Crippen molar-refractivity contribution >= 4 is 17.7 Å². The van der Waals surface area contributed by atoms with E-state index in [1.54, 1.807) is 23.9 Å². The number of hydrogen-bond acceptors (Lipinski definition) is 6. The molecule has 0 aliphatic carbocycles. The van der Waals surface area contributed by atoms with Gasteiger partial charge in [-0.15, -0.1) is 11.8 Å². The van der Waals surface area contributed by atoms with E-state index in [4.69, 9.17) is 9.47 Å². The van der Waals surface area contributed by atoms with Gasteiger partial charge >= 0.3 is 5.97 Å². The highest BCUT2D eigenvalue weighted by molar-refractivity contribution is 8.00. The van der Waals surface area contributed by atoms with Crippen LogP contribution in [0.25, 0.3) is 0 Å². The van der Waals surface area contributed by atoms with Gasteiger partial charge in [-0.1, -0.05) is 37.6 Å². The van der Waals surface area contributed by atoms with Crippen molar-refractivity contribution in [1.82, 2.24) is 0 Å². The Hall–Kier alpha value is -2.02. The Morgan fingerprint density at radius 3 is 2.53 bits per heavy atom. The van der Waals surface area contributed by atoms with Crippen LogP contribution in [0.2, 0.25) is 0 Å². The third-order valence-corrected chi connectivity index (χ3v) is 6.56. The lowest BCUT2D eigenvalue weighted by atomic mass is 9.99. The van der Waals surface area contributed by atoms with Crippen LogP contribution >= 0.6 is 11.8 Å². The van der Waals surface area contributed by atoms with E-state index in [-0.39, 0.29) is 23.3 Å². The van der Waals surface area contributed by atoms with Crippen molar-refractivity contribution in [2.45, 2.75) is 55.8 Å². The number of rotatable bonds is 8. The maximum atomic E-state index is 12.0. The molecule has 1 aliphatic rings. The summed E-state index contributed by atoms with van der Waals surface area (Å²) in [6.07, 6.45) is 3.37. The zero-order valence-electron chi connectivity index (χ0n) is 17.5. The summed E-state index contributed by atoms with van der Waals surface area (Å²) >= 11 is 1.54. The molecule has 1 saturated heterocycles. The van der Waals surface area contributed by atoms with Crippen LogP contribution in [0.5, 0.6) is 5.75 Å². The van der Waals surface area contributed by atoms with Crippen LogP contribution in [-0.2, 0) is 17.6 Å². The van der Waals surface area contributed by atoms with E-state index in [0.717, 1.165) is 24.0 Å². The monoisotopic (exact) mass is 430 g/mol. The summed E-state index contributed by atoms with van der Waals surface area (Å²) in [6.45, 7) is 2.18. The lowest BCUT2D eigenvalue weighted by molar-refractivity contribution is 0.0600. The minimum atomic E-state index is -0.489. The number of methoxy groups -OCH3 is 1. The second-order valence-electron chi connectivity index (χ2n) is 7.67. The molecule has 6 heteroatoms. The average molecular weight is 431 g/mol. The lowest BCUT2D eigenvalue weighted by Crippen LogP contribution is -2.33. The molecule has 2 aromatic carbocycles. The standard InChI is InChI=1S/C24H30O5S/c1-3-4-16-5-7-17(8-6-16)11-19-12-18(24(27)28-2)9-10-22(19)29-23-14-20(26)13-21(15-25)30-23/h5-10,12,20-21,23,25-26H,3-4,11,13-15H2,1-2H3. The zero-order chi connectivity index (χ0) is 21.5. The molecule has 1 fully saturated rings. The van der Waals surface area contributed by atoms with Crippen LogP contribution in [0.4, 0.5) is 0 Å². The van der Waals surface area contributed by atoms with E-state index in [1.807, 2.05) is 6.07 Å². The summed E-state index contributed by atoms with van der Waals surface area (Å²) < 4.78 is 11.1. The summed E-state index contributed by atoms with van der Waals surface area (Å²) in [5.74, 6) is 0.299. The van der Waals surface area contributed by atoms with Gasteiger partial charge in [-0.3, -0.25) is 0 Å². The Kier molecular flexibility index (Phi) is 8.19.